The maximum absolute atomic E-state index is 16.0. The van der Waals surface area contributed by atoms with Crippen molar-refractivity contribution in [3.63, 3.8) is 0 Å². The number of benzene rings is 3. The number of aryl methyl sites for hydroxylation is 2. The third kappa shape index (κ3) is 8.16. The number of amides is 6. The van der Waals surface area contributed by atoms with Crippen molar-refractivity contribution >= 4 is 68.5 Å². The average Bonchev–Trinajstić information content (AvgIpc) is 4.19. The van der Waals surface area contributed by atoms with E-state index in [2.05, 4.69) is 30.6 Å². The number of carbonyl (C=O) groups excluding carboxylic acids is 5. The molecule has 5 aliphatic rings. The number of carbonyl (C=O) groups is 5. The van der Waals surface area contributed by atoms with Crippen molar-refractivity contribution in [2.45, 2.75) is 75.9 Å². The predicted molar refractivity (Wildman–Crippen MR) is 250 cm³/mol. The number of urea groups is 1. The van der Waals surface area contributed by atoms with Gasteiger partial charge in [0.1, 0.15) is 5.82 Å². The summed E-state index contributed by atoms with van der Waals surface area (Å²) < 4.78 is 51.4. The standard InChI is InChI=1S/C49H48F3N11O5S/c1-58-39-24-30(6-9-33(39)44(57-58)62-19-13-40(64)55-48(62)68)36-12-18-60(26-49(36,51)52)41(65)21-28-10-16-59(17-11-28)32-7-4-29(5-8-32)31-22-34-35(37(50)23-31)25-63(46(34)67)43(45(66)56-47-53-14-20-69-47)42-38-3-2-15-61(38)27-54-42/h4-9,14,20,22-24,27-28,36,43H,2-3,10-13,15-19,21,25-26H2,1H3,(H,53,56,66)(H,55,64,68). The Bertz CT molecular complexity index is 3040. The topological polar surface area (TPSA) is 171 Å². The molecule has 0 radical (unpaired) electrons. The van der Waals surface area contributed by atoms with Crippen molar-refractivity contribution < 1.29 is 37.1 Å². The van der Waals surface area contributed by atoms with Crippen LogP contribution in [0, 0.1) is 11.7 Å². The van der Waals surface area contributed by atoms with Crippen LogP contribution >= 0.6 is 11.3 Å². The number of hydrogen-bond acceptors (Lipinski definition) is 10. The SMILES string of the molecule is Cn1nc(N2CCC(=O)NC2=O)c2ccc(C3CCN(C(=O)CC4CCN(c5ccc(-c6cc(F)c7c(c6)C(=O)N(C(C(=O)Nc6nccs6)c6ncn8c6CCC8)C7)cc5)CC4)CC3(F)F)cc21. The molecule has 2 unspecified atom stereocenters. The third-order valence-corrected chi connectivity index (χ3v) is 15.1. The molecule has 5 aliphatic heterocycles. The summed E-state index contributed by atoms with van der Waals surface area (Å²) in [5.74, 6) is -5.97. The number of nitrogens with one attached hydrogen (secondary N) is 2. The predicted octanol–water partition coefficient (Wildman–Crippen LogP) is 7.02. The van der Waals surface area contributed by atoms with Gasteiger partial charge in [0.25, 0.3) is 17.7 Å². The minimum atomic E-state index is -3.17. The summed E-state index contributed by atoms with van der Waals surface area (Å²) in [6.07, 6.45) is 6.72. The Kier molecular flexibility index (Phi) is 11.2. The lowest BCUT2D eigenvalue weighted by Crippen LogP contribution is -2.50. The van der Waals surface area contributed by atoms with Gasteiger partial charge in [0.2, 0.25) is 11.8 Å². The molecule has 6 amide bonds. The Labute approximate surface area is 398 Å². The van der Waals surface area contributed by atoms with Crippen LogP contribution in [0.1, 0.15) is 83.4 Å². The lowest BCUT2D eigenvalue weighted by atomic mass is 9.85. The first-order valence-electron chi connectivity index (χ1n) is 23.3. The van der Waals surface area contributed by atoms with Gasteiger partial charge in [-0.2, -0.15) is 5.10 Å². The Morgan fingerprint density at radius 2 is 1.75 bits per heavy atom. The molecule has 3 saturated heterocycles. The molecule has 3 aromatic carbocycles. The second-order valence-electron chi connectivity index (χ2n) is 18.6. The van der Waals surface area contributed by atoms with Gasteiger partial charge in [-0.1, -0.05) is 18.2 Å². The van der Waals surface area contributed by atoms with E-state index in [0.29, 0.717) is 70.2 Å². The molecular weight excluding hydrogens is 912 g/mol. The molecule has 11 rings (SSSR count). The Balaban J connectivity index is 0.705. The zero-order valence-electron chi connectivity index (χ0n) is 37.7. The summed E-state index contributed by atoms with van der Waals surface area (Å²) in [5, 5.41) is 12.3. The Hall–Kier alpha value is -7.09. The summed E-state index contributed by atoms with van der Waals surface area (Å²) in [4.78, 5) is 80.8. The number of anilines is 3. The molecule has 0 spiro atoms. The zero-order valence-corrected chi connectivity index (χ0v) is 38.5. The number of nitrogens with zero attached hydrogens (tertiary/aromatic N) is 9. The molecule has 356 valence electrons. The number of alkyl halides is 2. The van der Waals surface area contributed by atoms with E-state index in [-0.39, 0.29) is 67.8 Å². The van der Waals surface area contributed by atoms with Crippen molar-refractivity contribution in [2.24, 2.45) is 13.0 Å². The highest BCUT2D eigenvalue weighted by molar-refractivity contribution is 7.13. The summed E-state index contributed by atoms with van der Waals surface area (Å²) in [6, 6.07) is 14.1. The fraction of sp³-hybridized carbons (Fsp3) is 0.388. The minimum absolute atomic E-state index is 0.0417. The number of aromatic nitrogens is 5. The molecule has 20 heteroatoms. The molecule has 0 aliphatic carbocycles. The average molecular weight is 960 g/mol. The molecule has 0 saturated carbocycles. The van der Waals surface area contributed by atoms with Crippen LogP contribution in [0.2, 0.25) is 0 Å². The molecule has 3 aromatic heterocycles. The number of imide groups is 1. The number of hydrogen-bond donors (Lipinski definition) is 2. The molecule has 8 heterocycles. The van der Waals surface area contributed by atoms with Gasteiger partial charge < -0.3 is 19.3 Å². The van der Waals surface area contributed by atoms with Gasteiger partial charge in [-0.15, -0.1) is 11.3 Å². The highest BCUT2D eigenvalue weighted by Gasteiger charge is 2.47. The zero-order chi connectivity index (χ0) is 47.7. The van der Waals surface area contributed by atoms with Gasteiger partial charge in [0.05, 0.1) is 36.5 Å². The van der Waals surface area contributed by atoms with E-state index in [1.165, 1.54) is 32.1 Å². The van der Waals surface area contributed by atoms with Gasteiger partial charge in [-0.05, 0) is 91.1 Å². The monoisotopic (exact) mass is 959 g/mol. The first-order valence-corrected chi connectivity index (χ1v) is 24.1. The van der Waals surface area contributed by atoms with E-state index in [4.69, 9.17) is 0 Å². The highest BCUT2D eigenvalue weighted by Crippen LogP contribution is 2.43. The third-order valence-electron chi connectivity index (χ3n) is 14.5. The molecule has 3 fully saturated rings. The first-order chi connectivity index (χ1) is 33.3. The quantitative estimate of drug-likeness (QED) is 0.147. The molecule has 69 heavy (non-hydrogen) atoms. The fourth-order valence-corrected chi connectivity index (χ4v) is 11.3. The number of likely N-dealkylation sites (tertiary alicyclic amines) is 1. The number of imidazole rings is 1. The molecule has 2 N–H and O–H groups in total. The Morgan fingerprint density at radius 1 is 0.942 bits per heavy atom. The normalized spacial score (nSPS) is 19.8. The maximum atomic E-state index is 16.0. The molecular formula is C49H48F3N11O5S. The maximum Gasteiger partial charge on any atom is 0.329 e. The second-order valence-corrected chi connectivity index (χ2v) is 19.5. The van der Waals surface area contributed by atoms with E-state index in [1.54, 1.807) is 53.9 Å². The van der Waals surface area contributed by atoms with Crippen molar-refractivity contribution in [3.05, 3.63) is 106 Å². The van der Waals surface area contributed by atoms with Crippen LogP contribution in [0.15, 0.2) is 72.5 Å². The van der Waals surface area contributed by atoms with Crippen molar-refractivity contribution in [3.8, 4) is 11.1 Å². The van der Waals surface area contributed by atoms with E-state index in [1.807, 2.05) is 28.8 Å². The first kappa shape index (κ1) is 44.4. The molecule has 0 bridgehead atoms. The van der Waals surface area contributed by atoms with Crippen LogP contribution in [-0.4, -0.2) is 102 Å². The van der Waals surface area contributed by atoms with Gasteiger partial charge in [0.15, 0.2) is 17.0 Å². The number of halogens is 3. The van der Waals surface area contributed by atoms with Crippen LogP contribution in [0.5, 0.6) is 0 Å². The van der Waals surface area contributed by atoms with Gasteiger partial charge >= 0.3 is 6.03 Å². The second kappa shape index (κ2) is 17.5. The smallest absolute Gasteiger partial charge is 0.329 e. The fourth-order valence-electron chi connectivity index (χ4n) is 10.8. The van der Waals surface area contributed by atoms with Crippen LogP contribution in [0.25, 0.3) is 22.0 Å². The van der Waals surface area contributed by atoms with Gasteiger partial charge in [0, 0.05) is 92.1 Å². The summed E-state index contributed by atoms with van der Waals surface area (Å²) in [7, 11) is 1.68. The number of rotatable bonds is 10. The van der Waals surface area contributed by atoms with E-state index >= 15 is 13.2 Å². The largest absolute Gasteiger partial charge is 0.372 e. The van der Waals surface area contributed by atoms with Gasteiger partial charge in [-0.3, -0.25) is 39.4 Å². The van der Waals surface area contributed by atoms with Crippen LogP contribution in [-0.2, 0) is 40.9 Å². The number of fused-ring (bicyclic) bond motifs is 3. The number of thiazole rings is 1. The molecule has 16 nitrogen and oxygen atoms in total. The van der Waals surface area contributed by atoms with Crippen molar-refractivity contribution in [1.29, 1.82) is 0 Å². The van der Waals surface area contributed by atoms with Crippen molar-refractivity contribution in [1.82, 2.24) is 39.4 Å². The van der Waals surface area contributed by atoms with Gasteiger partial charge in [-0.25, -0.2) is 27.9 Å². The minimum Gasteiger partial charge on any atom is -0.372 e. The van der Waals surface area contributed by atoms with E-state index < -0.39 is 48.1 Å². The van der Waals surface area contributed by atoms with Crippen LogP contribution in [0.3, 0.4) is 0 Å². The highest BCUT2D eigenvalue weighted by atomic mass is 32.1. The van der Waals surface area contributed by atoms with Crippen LogP contribution < -0.4 is 20.4 Å². The summed E-state index contributed by atoms with van der Waals surface area (Å²) in [5.41, 5.74) is 5.01. The lowest BCUT2D eigenvalue weighted by Gasteiger charge is -2.40. The Morgan fingerprint density at radius 3 is 2.51 bits per heavy atom. The number of piperidine rings is 2. The lowest BCUT2D eigenvalue weighted by molar-refractivity contribution is -0.145. The summed E-state index contributed by atoms with van der Waals surface area (Å²) >= 11 is 1.26. The van der Waals surface area contributed by atoms with E-state index in [9.17, 15) is 24.0 Å². The van der Waals surface area contributed by atoms with Crippen molar-refractivity contribution in [2.75, 3.05) is 47.8 Å². The van der Waals surface area contributed by atoms with Crippen LogP contribution in [0.4, 0.5) is 34.6 Å². The summed E-state index contributed by atoms with van der Waals surface area (Å²) in [6.45, 7) is 1.73. The van der Waals surface area contributed by atoms with E-state index in [0.717, 1.165) is 30.8 Å². The molecule has 6 aromatic rings. The molecule has 2 atom stereocenters.